The minimum Gasteiger partial charge on any atom is -0.338 e. The molecule has 6 nitrogen and oxygen atoms in total. The van der Waals surface area contributed by atoms with Gasteiger partial charge in [0.25, 0.3) is 0 Å². The van der Waals surface area contributed by atoms with Crippen molar-refractivity contribution in [3.63, 3.8) is 0 Å². The van der Waals surface area contributed by atoms with Crippen molar-refractivity contribution in [3.05, 3.63) is 65.7 Å². The highest BCUT2D eigenvalue weighted by molar-refractivity contribution is 7.99. The molecule has 0 fully saturated rings. The van der Waals surface area contributed by atoms with Crippen molar-refractivity contribution in [1.82, 2.24) is 25.1 Å². The largest absolute Gasteiger partial charge is 0.338 e. The first kappa shape index (κ1) is 18.1. The Morgan fingerprint density at radius 2 is 1.96 bits per heavy atom. The highest BCUT2D eigenvalue weighted by Gasteiger charge is 2.19. The summed E-state index contributed by atoms with van der Waals surface area (Å²) in [5.74, 6) is 0.310. The summed E-state index contributed by atoms with van der Waals surface area (Å²) < 4.78 is 1.66. The molecule has 0 saturated heterocycles. The van der Waals surface area contributed by atoms with Crippen molar-refractivity contribution in [3.8, 4) is 5.69 Å². The molecule has 1 amide bonds. The van der Waals surface area contributed by atoms with Crippen LogP contribution in [-0.4, -0.2) is 43.8 Å². The van der Waals surface area contributed by atoms with Crippen molar-refractivity contribution >= 4 is 17.7 Å². The Labute approximate surface area is 157 Å². The summed E-state index contributed by atoms with van der Waals surface area (Å²) in [7, 11) is 1.82. The Morgan fingerprint density at radius 3 is 2.69 bits per heavy atom. The first-order valence-corrected chi connectivity index (χ1v) is 9.33. The first-order valence-electron chi connectivity index (χ1n) is 8.35. The van der Waals surface area contributed by atoms with Crippen molar-refractivity contribution in [2.24, 2.45) is 0 Å². The SMILES string of the molecule is Cc1cccc(-n2nnnc2SCC(=O)N(C)C(C)c2ccccc2)c1. The average Bonchev–Trinajstić information content (AvgIpc) is 3.14. The van der Waals surface area contributed by atoms with Gasteiger partial charge in [-0.05, 0) is 47.5 Å². The van der Waals surface area contributed by atoms with E-state index in [1.165, 1.54) is 11.8 Å². The standard InChI is InChI=1S/C19H21N5OS/c1-14-8-7-11-17(12-14)24-19(20-21-22-24)26-13-18(25)23(3)15(2)16-9-5-4-6-10-16/h4-12,15H,13H2,1-3H3. The molecule has 0 aliphatic heterocycles. The van der Waals surface area contributed by atoms with E-state index < -0.39 is 0 Å². The predicted molar refractivity (Wildman–Crippen MR) is 102 cm³/mol. The molecule has 0 aliphatic carbocycles. The number of rotatable bonds is 6. The van der Waals surface area contributed by atoms with Crippen LogP contribution in [0, 0.1) is 6.92 Å². The number of hydrogen-bond donors (Lipinski definition) is 0. The van der Waals surface area contributed by atoms with Crippen LogP contribution < -0.4 is 0 Å². The average molecular weight is 367 g/mol. The Morgan fingerprint density at radius 1 is 1.19 bits per heavy atom. The van der Waals surface area contributed by atoms with E-state index in [9.17, 15) is 4.79 Å². The van der Waals surface area contributed by atoms with Gasteiger partial charge < -0.3 is 4.90 Å². The number of thioether (sulfide) groups is 1. The van der Waals surface area contributed by atoms with E-state index in [0.717, 1.165) is 16.8 Å². The molecule has 1 unspecified atom stereocenters. The van der Waals surface area contributed by atoms with Crippen LogP contribution in [0.1, 0.15) is 24.1 Å². The number of amides is 1. The van der Waals surface area contributed by atoms with Gasteiger partial charge >= 0.3 is 0 Å². The molecule has 7 heteroatoms. The van der Waals surface area contributed by atoms with E-state index >= 15 is 0 Å². The van der Waals surface area contributed by atoms with Gasteiger partial charge in [-0.25, -0.2) is 0 Å². The van der Waals surface area contributed by atoms with Crippen molar-refractivity contribution in [1.29, 1.82) is 0 Å². The van der Waals surface area contributed by atoms with Crippen LogP contribution in [0.2, 0.25) is 0 Å². The summed E-state index contributed by atoms with van der Waals surface area (Å²) in [6.07, 6.45) is 0. The maximum absolute atomic E-state index is 12.6. The molecule has 0 bridgehead atoms. The van der Waals surface area contributed by atoms with E-state index in [1.54, 1.807) is 9.58 Å². The molecule has 0 aliphatic rings. The highest BCUT2D eigenvalue weighted by Crippen LogP contribution is 2.22. The fraction of sp³-hybridized carbons (Fsp3) is 0.263. The second-order valence-corrected chi connectivity index (χ2v) is 7.03. The van der Waals surface area contributed by atoms with Gasteiger partial charge in [0, 0.05) is 7.05 Å². The Balaban J connectivity index is 1.66. The van der Waals surface area contributed by atoms with Gasteiger partial charge in [-0.1, -0.05) is 54.2 Å². The van der Waals surface area contributed by atoms with E-state index in [4.69, 9.17) is 0 Å². The van der Waals surface area contributed by atoms with Gasteiger partial charge in [-0.15, -0.1) is 5.10 Å². The van der Waals surface area contributed by atoms with Gasteiger partial charge in [0.05, 0.1) is 17.5 Å². The molecule has 1 heterocycles. The fourth-order valence-corrected chi connectivity index (χ4v) is 3.40. The summed E-state index contributed by atoms with van der Waals surface area (Å²) >= 11 is 1.34. The molecule has 1 atom stereocenters. The number of aryl methyl sites for hydroxylation is 1. The second-order valence-electron chi connectivity index (χ2n) is 6.09. The topological polar surface area (TPSA) is 63.9 Å². The van der Waals surface area contributed by atoms with Crippen LogP contribution in [0.5, 0.6) is 0 Å². The molecule has 134 valence electrons. The zero-order valence-electron chi connectivity index (χ0n) is 15.0. The second kappa shape index (κ2) is 8.14. The Bertz CT molecular complexity index is 880. The highest BCUT2D eigenvalue weighted by atomic mass is 32.2. The summed E-state index contributed by atoms with van der Waals surface area (Å²) in [4.78, 5) is 14.3. The number of tetrazole rings is 1. The molecule has 0 N–H and O–H groups in total. The number of hydrogen-bond acceptors (Lipinski definition) is 5. The zero-order chi connectivity index (χ0) is 18.5. The first-order chi connectivity index (χ1) is 12.6. The van der Waals surface area contributed by atoms with Gasteiger partial charge in [-0.3, -0.25) is 4.79 Å². The number of benzene rings is 2. The lowest BCUT2D eigenvalue weighted by Crippen LogP contribution is -2.31. The molecule has 0 radical (unpaired) electrons. The van der Waals surface area contributed by atoms with Gasteiger partial charge in [-0.2, -0.15) is 4.68 Å². The lowest BCUT2D eigenvalue weighted by atomic mass is 10.1. The van der Waals surface area contributed by atoms with Gasteiger partial charge in [0.2, 0.25) is 11.1 Å². The molecule has 26 heavy (non-hydrogen) atoms. The third kappa shape index (κ3) is 4.11. The van der Waals surface area contributed by atoms with Crippen molar-refractivity contribution in [2.45, 2.75) is 25.0 Å². The van der Waals surface area contributed by atoms with Crippen LogP contribution in [-0.2, 0) is 4.79 Å². The van der Waals surface area contributed by atoms with Crippen LogP contribution in [0.15, 0.2) is 59.8 Å². The summed E-state index contributed by atoms with van der Waals surface area (Å²) in [5, 5.41) is 12.4. The molecule has 1 aromatic heterocycles. The third-order valence-corrected chi connectivity index (χ3v) is 5.17. The molecular formula is C19H21N5OS. The number of carbonyl (C=O) groups is 1. The zero-order valence-corrected chi connectivity index (χ0v) is 15.8. The number of carbonyl (C=O) groups excluding carboxylic acids is 1. The molecule has 3 aromatic rings. The predicted octanol–water partition coefficient (Wildman–Crippen LogP) is 3.28. The normalized spacial score (nSPS) is 12.0. The minimum absolute atomic E-state index is 0.0112. The fourth-order valence-electron chi connectivity index (χ4n) is 2.59. The minimum atomic E-state index is 0.0112. The van der Waals surface area contributed by atoms with E-state index in [0.29, 0.717) is 5.16 Å². The van der Waals surface area contributed by atoms with E-state index in [-0.39, 0.29) is 17.7 Å². The van der Waals surface area contributed by atoms with Crippen LogP contribution in [0.3, 0.4) is 0 Å². The quantitative estimate of drug-likeness (QED) is 0.626. The molecule has 0 saturated carbocycles. The summed E-state index contributed by atoms with van der Waals surface area (Å²) in [5.41, 5.74) is 3.12. The van der Waals surface area contributed by atoms with Gasteiger partial charge in [0.15, 0.2) is 0 Å². The Kier molecular flexibility index (Phi) is 5.68. The van der Waals surface area contributed by atoms with E-state index in [1.807, 2.05) is 75.5 Å². The lowest BCUT2D eigenvalue weighted by molar-refractivity contribution is -0.128. The molecule has 0 spiro atoms. The lowest BCUT2D eigenvalue weighted by Gasteiger charge is -2.25. The number of nitrogens with zero attached hydrogens (tertiary/aromatic N) is 5. The maximum atomic E-state index is 12.6. The van der Waals surface area contributed by atoms with Gasteiger partial charge in [0.1, 0.15) is 0 Å². The monoisotopic (exact) mass is 367 g/mol. The number of aromatic nitrogens is 4. The molecule has 3 rings (SSSR count). The smallest absolute Gasteiger partial charge is 0.233 e. The third-order valence-electron chi connectivity index (χ3n) is 4.27. The molecule has 2 aromatic carbocycles. The Hall–Kier alpha value is -2.67. The molecular weight excluding hydrogens is 346 g/mol. The van der Waals surface area contributed by atoms with Crippen LogP contribution in [0.25, 0.3) is 5.69 Å². The van der Waals surface area contributed by atoms with Crippen molar-refractivity contribution in [2.75, 3.05) is 12.8 Å². The summed E-state index contributed by atoms with van der Waals surface area (Å²) in [6, 6.07) is 17.9. The van der Waals surface area contributed by atoms with Crippen molar-refractivity contribution < 1.29 is 4.79 Å². The van der Waals surface area contributed by atoms with Crippen LogP contribution >= 0.6 is 11.8 Å². The van der Waals surface area contributed by atoms with E-state index in [2.05, 4.69) is 15.5 Å². The summed E-state index contributed by atoms with van der Waals surface area (Å²) in [6.45, 7) is 4.04. The van der Waals surface area contributed by atoms with Crippen LogP contribution in [0.4, 0.5) is 0 Å². The maximum Gasteiger partial charge on any atom is 0.233 e.